The quantitative estimate of drug-likeness (QED) is 0.812. The lowest BCUT2D eigenvalue weighted by Crippen LogP contribution is -2.43. The van der Waals surface area contributed by atoms with E-state index in [1.165, 1.54) is 25.5 Å². The number of para-hydroxylation sites is 1. The monoisotopic (exact) mass is 319 g/mol. The molecule has 1 aliphatic heterocycles. The number of hydrogen-bond acceptors (Lipinski definition) is 3. The molecule has 1 saturated heterocycles. The summed E-state index contributed by atoms with van der Waals surface area (Å²) in [6.07, 6.45) is 5.50. The van der Waals surface area contributed by atoms with Gasteiger partial charge in [-0.3, -0.25) is 4.79 Å². The molecule has 1 aromatic rings. The van der Waals surface area contributed by atoms with Gasteiger partial charge in [0.1, 0.15) is 5.82 Å². The summed E-state index contributed by atoms with van der Waals surface area (Å²) in [5.74, 6) is 0.419. The molecule has 0 radical (unpaired) electrons. The van der Waals surface area contributed by atoms with Crippen molar-refractivity contribution >= 4 is 11.6 Å². The third-order valence-corrected chi connectivity index (χ3v) is 4.78. The van der Waals surface area contributed by atoms with Crippen molar-refractivity contribution in [2.45, 2.75) is 38.1 Å². The van der Waals surface area contributed by atoms with E-state index in [4.69, 9.17) is 0 Å². The van der Waals surface area contributed by atoms with Crippen LogP contribution in [0.4, 0.5) is 10.1 Å². The fraction of sp³-hybridized carbons (Fsp3) is 0.611. The molecule has 2 aliphatic rings. The first-order valence-electron chi connectivity index (χ1n) is 8.71. The first kappa shape index (κ1) is 16.4. The Kier molecular flexibility index (Phi) is 5.62. The summed E-state index contributed by atoms with van der Waals surface area (Å²) in [5, 5.41) is 6.31. The van der Waals surface area contributed by atoms with Crippen LogP contribution in [0.3, 0.4) is 0 Å². The van der Waals surface area contributed by atoms with Gasteiger partial charge in [0.05, 0.1) is 5.69 Å². The van der Waals surface area contributed by atoms with Crippen molar-refractivity contribution in [1.82, 2.24) is 10.2 Å². The number of nitrogens with one attached hydrogen (secondary N) is 2. The van der Waals surface area contributed by atoms with Crippen LogP contribution in [0.1, 0.15) is 32.1 Å². The molecule has 2 N–H and O–H groups in total. The number of rotatable bonds is 7. The molecule has 0 unspecified atom stereocenters. The van der Waals surface area contributed by atoms with Crippen LogP contribution in [0.25, 0.3) is 0 Å². The predicted octanol–water partition coefficient (Wildman–Crippen LogP) is 2.62. The van der Waals surface area contributed by atoms with E-state index >= 15 is 0 Å². The topological polar surface area (TPSA) is 44.4 Å². The van der Waals surface area contributed by atoms with Crippen molar-refractivity contribution in [2.75, 3.05) is 31.5 Å². The summed E-state index contributed by atoms with van der Waals surface area (Å²) in [5.41, 5.74) is 0.264. The normalized spacial score (nSPS) is 19.7. The third-order valence-electron chi connectivity index (χ3n) is 4.78. The molecular weight excluding hydrogens is 293 g/mol. The Morgan fingerprint density at radius 3 is 2.61 bits per heavy atom. The van der Waals surface area contributed by atoms with Gasteiger partial charge in [-0.25, -0.2) is 4.39 Å². The summed E-state index contributed by atoms with van der Waals surface area (Å²) in [4.78, 5) is 14.3. The molecule has 1 heterocycles. The third kappa shape index (κ3) is 5.29. The molecule has 3 rings (SSSR count). The highest BCUT2D eigenvalue weighted by Gasteiger charge is 2.24. The maximum atomic E-state index is 13.5. The van der Waals surface area contributed by atoms with Crippen LogP contribution in [0.2, 0.25) is 0 Å². The van der Waals surface area contributed by atoms with Crippen LogP contribution >= 0.6 is 0 Å². The van der Waals surface area contributed by atoms with E-state index in [1.807, 2.05) is 0 Å². The summed E-state index contributed by atoms with van der Waals surface area (Å²) in [6, 6.07) is 6.92. The molecule has 1 amide bonds. The molecule has 1 aromatic carbocycles. The Morgan fingerprint density at radius 1 is 1.17 bits per heavy atom. The molecule has 0 atom stereocenters. The van der Waals surface area contributed by atoms with Gasteiger partial charge < -0.3 is 15.5 Å². The second-order valence-corrected chi connectivity index (χ2v) is 6.75. The summed E-state index contributed by atoms with van der Waals surface area (Å²) >= 11 is 0. The second-order valence-electron chi connectivity index (χ2n) is 6.75. The second kappa shape index (κ2) is 7.88. The zero-order valence-corrected chi connectivity index (χ0v) is 13.6. The highest BCUT2D eigenvalue weighted by molar-refractivity contribution is 5.90. The Bertz CT molecular complexity index is 525. The van der Waals surface area contributed by atoms with Crippen molar-refractivity contribution in [2.24, 2.45) is 5.92 Å². The first-order valence-corrected chi connectivity index (χ1v) is 8.71. The number of piperidine rings is 1. The van der Waals surface area contributed by atoms with Crippen LogP contribution in [0.15, 0.2) is 24.3 Å². The lowest BCUT2D eigenvalue weighted by Gasteiger charge is -2.32. The van der Waals surface area contributed by atoms with Crippen molar-refractivity contribution < 1.29 is 9.18 Å². The first-order chi connectivity index (χ1) is 11.2. The zero-order chi connectivity index (χ0) is 16.1. The van der Waals surface area contributed by atoms with Gasteiger partial charge in [-0.15, -0.1) is 0 Å². The van der Waals surface area contributed by atoms with E-state index in [0.29, 0.717) is 12.5 Å². The number of carbonyl (C=O) groups is 1. The lowest BCUT2D eigenvalue weighted by molar-refractivity contribution is -0.116. The average molecular weight is 319 g/mol. The minimum Gasteiger partial charge on any atom is -0.324 e. The molecule has 1 aliphatic carbocycles. The van der Waals surface area contributed by atoms with Crippen LogP contribution in [-0.2, 0) is 4.79 Å². The van der Waals surface area contributed by atoms with Crippen molar-refractivity contribution in [3.05, 3.63) is 30.1 Å². The molecule has 1 saturated carbocycles. The molecule has 4 nitrogen and oxygen atoms in total. The largest absolute Gasteiger partial charge is 0.324 e. The standard InChI is InChI=1S/C18H26FN3O/c19-16-3-1-2-4-17(16)21-18(23)9-12-22-10-7-15(8-11-22)20-13-14-5-6-14/h1-4,14-15,20H,5-13H2,(H,21,23). The van der Waals surface area contributed by atoms with Gasteiger partial charge in [-0.2, -0.15) is 0 Å². The van der Waals surface area contributed by atoms with Gasteiger partial charge in [0.25, 0.3) is 0 Å². The maximum absolute atomic E-state index is 13.5. The van der Waals surface area contributed by atoms with Gasteiger partial charge >= 0.3 is 0 Å². The number of halogens is 1. The van der Waals surface area contributed by atoms with Crippen molar-refractivity contribution in [1.29, 1.82) is 0 Å². The fourth-order valence-corrected chi connectivity index (χ4v) is 3.05. The van der Waals surface area contributed by atoms with E-state index < -0.39 is 0 Å². The molecule has 0 aromatic heterocycles. The smallest absolute Gasteiger partial charge is 0.225 e. The summed E-state index contributed by atoms with van der Waals surface area (Å²) in [7, 11) is 0. The Hall–Kier alpha value is -1.46. The number of amides is 1. The zero-order valence-electron chi connectivity index (χ0n) is 13.6. The maximum Gasteiger partial charge on any atom is 0.225 e. The number of nitrogens with zero attached hydrogens (tertiary/aromatic N) is 1. The van der Waals surface area contributed by atoms with E-state index in [0.717, 1.165) is 38.4 Å². The molecule has 126 valence electrons. The number of anilines is 1. The minimum absolute atomic E-state index is 0.121. The number of likely N-dealkylation sites (tertiary alicyclic amines) is 1. The molecule has 23 heavy (non-hydrogen) atoms. The molecular formula is C18H26FN3O. The number of benzene rings is 1. The summed E-state index contributed by atoms with van der Waals surface area (Å²) < 4.78 is 13.5. The van der Waals surface area contributed by atoms with Gasteiger partial charge in [0, 0.05) is 19.0 Å². The number of carbonyl (C=O) groups excluding carboxylic acids is 1. The minimum atomic E-state index is -0.386. The van der Waals surface area contributed by atoms with Crippen molar-refractivity contribution in [3.63, 3.8) is 0 Å². The molecule has 0 spiro atoms. The molecule has 2 fully saturated rings. The highest BCUT2D eigenvalue weighted by Crippen LogP contribution is 2.28. The van der Waals surface area contributed by atoms with E-state index in [2.05, 4.69) is 15.5 Å². The van der Waals surface area contributed by atoms with E-state index in [-0.39, 0.29) is 17.4 Å². The lowest BCUT2D eigenvalue weighted by atomic mass is 10.0. The Labute approximate surface area is 137 Å². The van der Waals surface area contributed by atoms with Gasteiger partial charge in [-0.05, 0) is 63.4 Å². The molecule has 5 heteroatoms. The number of hydrogen-bond donors (Lipinski definition) is 2. The fourth-order valence-electron chi connectivity index (χ4n) is 3.05. The van der Waals surface area contributed by atoms with Crippen LogP contribution in [0, 0.1) is 11.7 Å². The van der Waals surface area contributed by atoms with Gasteiger partial charge in [0.2, 0.25) is 5.91 Å². The van der Waals surface area contributed by atoms with Gasteiger partial charge in [0.15, 0.2) is 0 Å². The SMILES string of the molecule is O=C(CCN1CCC(NCC2CC2)CC1)Nc1ccccc1F. The van der Waals surface area contributed by atoms with Crippen LogP contribution < -0.4 is 10.6 Å². The predicted molar refractivity (Wildman–Crippen MR) is 89.8 cm³/mol. The highest BCUT2D eigenvalue weighted by atomic mass is 19.1. The van der Waals surface area contributed by atoms with Crippen LogP contribution in [0.5, 0.6) is 0 Å². The van der Waals surface area contributed by atoms with E-state index in [1.54, 1.807) is 18.2 Å². The Balaban J connectivity index is 1.32. The molecule has 0 bridgehead atoms. The summed E-state index contributed by atoms with van der Waals surface area (Å²) in [6.45, 7) is 4.00. The van der Waals surface area contributed by atoms with Crippen molar-refractivity contribution in [3.8, 4) is 0 Å². The van der Waals surface area contributed by atoms with E-state index in [9.17, 15) is 9.18 Å². The van der Waals surface area contributed by atoms with Crippen LogP contribution in [-0.4, -0.2) is 43.0 Å². The Morgan fingerprint density at radius 2 is 1.91 bits per heavy atom. The average Bonchev–Trinajstić information content (AvgIpc) is 3.38. The van der Waals surface area contributed by atoms with Gasteiger partial charge in [-0.1, -0.05) is 12.1 Å².